The molecule has 1 aliphatic carbocycles. The number of carbonyl (C=O) groups excluding carboxylic acids is 1. The molecule has 0 spiro atoms. The van der Waals surface area contributed by atoms with E-state index in [0.29, 0.717) is 23.6 Å². The van der Waals surface area contributed by atoms with Crippen molar-refractivity contribution in [2.75, 3.05) is 11.9 Å². The van der Waals surface area contributed by atoms with Gasteiger partial charge in [-0.25, -0.2) is 9.78 Å². The number of aromatic amines is 1. The van der Waals surface area contributed by atoms with E-state index in [4.69, 9.17) is 0 Å². The van der Waals surface area contributed by atoms with E-state index in [9.17, 15) is 9.59 Å². The fourth-order valence-corrected chi connectivity index (χ4v) is 3.32. The number of urea groups is 1. The maximum absolute atomic E-state index is 12.2. The number of fused-ring (bicyclic) bond motifs is 1. The van der Waals surface area contributed by atoms with Gasteiger partial charge in [-0.3, -0.25) is 15.1 Å². The zero-order chi connectivity index (χ0) is 17.6. The van der Waals surface area contributed by atoms with E-state index in [1.165, 1.54) is 32.1 Å². The Morgan fingerprint density at radius 1 is 1.36 bits per heavy atom. The van der Waals surface area contributed by atoms with Gasteiger partial charge in [0.1, 0.15) is 0 Å². The fraction of sp³-hybridized carbons (Fsp3) is 0.647. The summed E-state index contributed by atoms with van der Waals surface area (Å²) < 4.78 is 1.93. The van der Waals surface area contributed by atoms with Crippen molar-refractivity contribution >= 4 is 23.1 Å². The lowest BCUT2D eigenvalue weighted by molar-refractivity contribution is 0.252. The van der Waals surface area contributed by atoms with Crippen molar-refractivity contribution < 1.29 is 4.79 Å². The van der Waals surface area contributed by atoms with E-state index >= 15 is 0 Å². The zero-order valence-electron chi connectivity index (χ0n) is 14.7. The van der Waals surface area contributed by atoms with Crippen LogP contribution in [0.15, 0.2) is 11.1 Å². The van der Waals surface area contributed by atoms with Crippen LogP contribution < -0.4 is 16.2 Å². The molecular formula is C17H26N6O2. The molecule has 2 aromatic heterocycles. The van der Waals surface area contributed by atoms with Crippen LogP contribution in [-0.2, 0) is 6.54 Å². The van der Waals surface area contributed by atoms with Crippen LogP contribution in [-0.4, -0.2) is 32.1 Å². The third-order valence-corrected chi connectivity index (χ3v) is 4.70. The number of anilines is 1. The number of hydrogen-bond donors (Lipinski definition) is 3. The molecule has 1 saturated carbocycles. The highest BCUT2D eigenvalue weighted by Crippen LogP contribution is 2.25. The molecule has 3 rings (SSSR count). The molecular weight excluding hydrogens is 320 g/mol. The molecule has 0 radical (unpaired) electrons. The van der Waals surface area contributed by atoms with Crippen LogP contribution in [0.3, 0.4) is 0 Å². The van der Waals surface area contributed by atoms with E-state index in [1.54, 1.807) is 6.33 Å². The molecule has 0 atom stereocenters. The normalized spacial score (nSPS) is 15.4. The van der Waals surface area contributed by atoms with Gasteiger partial charge in [0, 0.05) is 13.1 Å². The van der Waals surface area contributed by atoms with Crippen molar-refractivity contribution in [3.63, 3.8) is 0 Å². The Bertz CT molecular complexity index is 775. The number of hydrogen-bond acceptors (Lipinski definition) is 4. The summed E-state index contributed by atoms with van der Waals surface area (Å²) in [5, 5.41) is 5.34. The molecule has 0 unspecified atom stereocenters. The Hall–Kier alpha value is -2.38. The highest BCUT2D eigenvalue weighted by atomic mass is 16.2. The second kappa shape index (κ2) is 8.13. The summed E-state index contributed by atoms with van der Waals surface area (Å²) in [6.45, 7) is 3.46. The van der Waals surface area contributed by atoms with Gasteiger partial charge in [-0.15, -0.1) is 0 Å². The number of amides is 2. The van der Waals surface area contributed by atoms with E-state index < -0.39 is 0 Å². The number of imidazole rings is 1. The van der Waals surface area contributed by atoms with Crippen LogP contribution in [0, 0.1) is 5.92 Å². The fourth-order valence-electron chi connectivity index (χ4n) is 3.32. The molecule has 1 fully saturated rings. The van der Waals surface area contributed by atoms with Crippen molar-refractivity contribution in [2.45, 2.75) is 58.4 Å². The first-order chi connectivity index (χ1) is 12.2. The summed E-state index contributed by atoms with van der Waals surface area (Å²) in [6.07, 6.45) is 9.81. The predicted octanol–water partition coefficient (Wildman–Crippen LogP) is 2.62. The lowest BCUT2D eigenvalue weighted by atomic mass is 9.89. The number of aromatic nitrogens is 4. The average Bonchev–Trinajstić information content (AvgIpc) is 2.99. The molecule has 1 aliphatic rings. The smallest absolute Gasteiger partial charge is 0.321 e. The number of H-pyrrole nitrogens is 1. The van der Waals surface area contributed by atoms with Crippen molar-refractivity contribution in [3.8, 4) is 0 Å². The molecule has 0 aromatic carbocycles. The van der Waals surface area contributed by atoms with Gasteiger partial charge in [0.15, 0.2) is 11.2 Å². The SMILES string of the molecule is CCCCNC(=O)Nc1nc2c(ncn2CC2CCCCC2)c(=O)[nH]1. The Labute approximate surface area is 146 Å². The molecule has 25 heavy (non-hydrogen) atoms. The van der Waals surface area contributed by atoms with Crippen LogP contribution in [0.5, 0.6) is 0 Å². The molecule has 2 heterocycles. The third kappa shape index (κ3) is 4.37. The van der Waals surface area contributed by atoms with E-state index in [1.807, 2.05) is 4.57 Å². The van der Waals surface area contributed by atoms with Crippen molar-refractivity contribution in [3.05, 3.63) is 16.7 Å². The molecule has 8 nitrogen and oxygen atoms in total. The standard InChI is InChI=1S/C17H26N6O2/c1-2-3-9-18-17(25)22-16-20-14-13(15(24)21-16)19-11-23(14)10-12-7-5-4-6-8-12/h11-12H,2-10H2,1H3,(H3,18,20,21,22,24,25). The summed E-state index contributed by atoms with van der Waals surface area (Å²) in [5.74, 6) is 0.748. The summed E-state index contributed by atoms with van der Waals surface area (Å²) in [7, 11) is 0. The van der Waals surface area contributed by atoms with Gasteiger partial charge in [-0.2, -0.15) is 4.98 Å². The lowest BCUT2D eigenvalue weighted by Gasteiger charge is -2.21. The minimum atomic E-state index is -0.366. The van der Waals surface area contributed by atoms with Crippen molar-refractivity contribution in [1.29, 1.82) is 0 Å². The minimum absolute atomic E-state index is 0.150. The third-order valence-electron chi connectivity index (χ3n) is 4.70. The van der Waals surface area contributed by atoms with Gasteiger partial charge in [-0.05, 0) is 25.2 Å². The zero-order valence-corrected chi connectivity index (χ0v) is 14.7. The minimum Gasteiger partial charge on any atom is -0.338 e. The van der Waals surface area contributed by atoms with Crippen LogP contribution in [0.1, 0.15) is 51.9 Å². The number of nitrogens with one attached hydrogen (secondary N) is 3. The van der Waals surface area contributed by atoms with Gasteiger partial charge >= 0.3 is 6.03 Å². The molecule has 3 N–H and O–H groups in total. The van der Waals surface area contributed by atoms with Crippen LogP contribution in [0.4, 0.5) is 10.7 Å². The van der Waals surface area contributed by atoms with E-state index in [0.717, 1.165) is 19.4 Å². The van der Waals surface area contributed by atoms with Crippen molar-refractivity contribution in [2.24, 2.45) is 5.92 Å². The van der Waals surface area contributed by atoms with Crippen LogP contribution >= 0.6 is 0 Å². The number of carbonyl (C=O) groups is 1. The largest absolute Gasteiger partial charge is 0.338 e. The van der Waals surface area contributed by atoms with Crippen LogP contribution in [0.25, 0.3) is 11.2 Å². The summed E-state index contributed by atoms with van der Waals surface area (Å²) in [4.78, 5) is 35.2. The first kappa shape index (κ1) is 17.4. The number of nitrogens with zero attached hydrogens (tertiary/aromatic N) is 3. The first-order valence-corrected chi connectivity index (χ1v) is 9.17. The molecule has 0 aliphatic heterocycles. The lowest BCUT2D eigenvalue weighted by Crippen LogP contribution is -2.31. The molecule has 0 bridgehead atoms. The number of unbranched alkanes of at least 4 members (excludes halogenated alkanes) is 1. The highest BCUT2D eigenvalue weighted by molar-refractivity contribution is 5.88. The summed E-state index contributed by atoms with van der Waals surface area (Å²) >= 11 is 0. The van der Waals surface area contributed by atoms with E-state index in [2.05, 4.69) is 32.5 Å². The first-order valence-electron chi connectivity index (χ1n) is 9.17. The Balaban J connectivity index is 1.75. The summed E-state index contributed by atoms with van der Waals surface area (Å²) in [5.41, 5.74) is 0.502. The summed E-state index contributed by atoms with van der Waals surface area (Å²) in [6, 6.07) is -0.366. The van der Waals surface area contributed by atoms with Gasteiger partial charge < -0.3 is 9.88 Å². The molecule has 136 valence electrons. The van der Waals surface area contributed by atoms with E-state index in [-0.39, 0.29) is 17.5 Å². The maximum Gasteiger partial charge on any atom is 0.321 e. The van der Waals surface area contributed by atoms with Crippen LogP contribution in [0.2, 0.25) is 0 Å². The maximum atomic E-state index is 12.2. The second-order valence-corrected chi connectivity index (χ2v) is 6.72. The Morgan fingerprint density at radius 2 is 2.16 bits per heavy atom. The molecule has 8 heteroatoms. The van der Waals surface area contributed by atoms with Gasteiger partial charge in [0.25, 0.3) is 5.56 Å². The predicted molar refractivity (Wildman–Crippen MR) is 96.7 cm³/mol. The monoisotopic (exact) mass is 346 g/mol. The van der Waals surface area contributed by atoms with Crippen molar-refractivity contribution in [1.82, 2.24) is 24.8 Å². The molecule has 0 saturated heterocycles. The average molecular weight is 346 g/mol. The van der Waals surface area contributed by atoms with Gasteiger partial charge in [0.05, 0.1) is 6.33 Å². The van der Waals surface area contributed by atoms with Gasteiger partial charge in [0.2, 0.25) is 5.95 Å². The molecule has 2 amide bonds. The second-order valence-electron chi connectivity index (χ2n) is 6.72. The number of rotatable bonds is 6. The Kier molecular flexibility index (Phi) is 5.67. The molecule has 2 aromatic rings. The topological polar surface area (TPSA) is 105 Å². The Morgan fingerprint density at radius 3 is 2.92 bits per heavy atom. The quantitative estimate of drug-likeness (QED) is 0.699. The highest BCUT2D eigenvalue weighted by Gasteiger charge is 2.17. The van der Waals surface area contributed by atoms with Gasteiger partial charge in [-0.1, -0.05) is 32.6 Å².